The van der Waals surface area contributed by atoms with E-state index in [4.69, 9.17) is 10.5 Å². The van der Waals surface area contributed by atoms with Crippen molar-refractivity contribution in [3.05, 3.63) is 29.8 Å². The molecule has 4 heteroatoms. The third-order valence-electron chi connectivity index (χ3n) is 3.11. The van der Waals surface area contributed by atoms with Crippen molar-refractivity contribution in [2.75, 3.05) is 12.4 Å². The minimum Gasteiger partial charge on any atom is -0.380 e. The molecule has 1 aromatic carbocycles. The molecule has 4 nitrogen and oxygen atoms in total. The standard InChI is InChI=1S/C15H24N2O2/c1-15(2,3)13(16)9-14(18)17-12-8-6-5-7-11(12)10-19-4/h5-8,13H,9-10,16H2,1-4H3,(H,17,18). The molecule has 1 rings (SSSR count). The van der Waals surface area contributed by atoms with Gasteiger partial charge in [-0.25, -0.2) is 0 Å². The van der Waals surface area contributed by atoms with Gasteiger partial charge >= 0.3 is 0 Å². The molecule has 0 radical (unpaired) electrons. The lowest BCUT2D eigenvalue weighted by molar-refractivity contribution is -0.117. The monoisotopic (exact) mass is 264 g/mol. The quantitative estimate of drug-likeness (QED) is 0.859. The number of hydrogen-bond donors (Lipinski definition) is 2. The average Bonchev–Trinajstić information content (AvgIpc) is 2.30. The highest BCUT2D eigenvalue weighted by molar-refractivity contribution is 5.91. The number of ether oxygens (including phenoxy) is 1. The highest BCUT2D eigenvalue weighted by Crippen LogP contribution is 2.21. The second-order valence-electron chi connectivity index (χ2n) is 5.81. The number of nitrogens with one attached hydrogen (secondary N) is 1. The van der Waals surface area contributed by atoms with Gasteiger partial charge in [0.2, 0.25) is 5.91 Å². The summed E-state index contributed by atoms with van der Waals surface area (Å²) in [5.74, 6) is -0.0639. The van der Waals surface area contributed by atoms with Crippen LogP contribution in [0.5, 0.6) is 0 Å². The minimum atomic E-state index is -0.165. The Morgan fingerprint density at radius 3 is 2.58 bits per heavy atom. The van der Waals surface area contributed by atoms with Crippen molar-refractivity contribution in [3.8, 4) is 0 Å². The lowest BCUT2D eigenvalue weighted by Crippen LogP contribution is -2.38. The van der Waals surface area contributed by atoms with Crippen molar-refractivity contribution in [1.29, 1.82) is 0 Å². The zero-order chi connectivity index (χ0) is 14.5. The molecular formula is C15H24N2O2. The molecule has 1 atom stereocenters. The Hall–Kier alpha value is -1.39. The van der Waals surface area contributed by atoms with Crippen molar-refractivity contribution < 1.29 is 9.53 Å². The van der Waals surface area contributed by atoms with Crippen LogP contribution in [0.2, 0.25) is 0 Å². The van der Waals surface area contributed by atoms with E-state index in [2.05, 4.69) is 5.32 Å². The van der Waals surface area contributed by atoms with Crippen molar-refractivity contribution in [1.82, 2.24) is 0 Å². The smallest absolute Gasteiger partial charge is 0.225 e. The van der Waals surface area contributed by atoms with Crippen LogP contribution in [0.15, 0.2) is 24.3 Å². The first-order valence-electron chi connectivity index (χ1n) is 6.47. The molecule has 0 saturated heterocycles. The SMILES string of the molecule is COCc1ccccc1NC(=O)CC(N)C(C)(C)C. The maximum absolute atomic E-state index is 12.0. The fraction of sp³-hybridized carbons (Fsp3) is 0.533. The van der Waals surface area contributed by atoms with Gasteiger partial charge in [-0.15, -0.1) is 0 Å². The third-order valence-corrected chi connectivity index (χ3v) is 3.11. The molecule has 1 amide bonds. The average molecular weight is 264 g/mol. The fourth-order valence-electron chi connectivity index (χ4n) is 1.63. The molecular weight excluding hydrogens is 240 g/mol. The maximum atomic E-state index is 12.0. The highest BCUT2D eigenvalue weighted by Gasteiger charge is 2.23. The van der Waals surface area contributed by atoms with Crippen LogP contribution < -0.4 is 11.1 Å². The third kappa shape index (κ3) is 5.01. The number of benzene rings is 1. The number of rotatable bonds is 5. The summed E-state index contributed by atoms with van der Waals surface area (Å²) in [4.78, 5) is 12.0. The van der Waals surface area contributed by atoms with Crippen LogP contribution in [0.4, 0.5) is 5.69 Å². The number of methoxy groups -OCH3 is 1. The van der Waals surface area contributed by atoms with Crippen molar-refractivity contribution in [2.45, 2.75) is 39.8 Å². The number of nitrogens with two attached hydrogens (primary N) is 1. The zero-order valence-electron chi connectivity index (χ0n) is 12.2. The van der Waals surface area contributed by atoms with E-state index in [1.54, 1.807) is 7.11 Å². The van der Waals surface area contributed by atoms with E-state index in [9.17, 15) is 4.79 Å². The second kappa shape index (κ2) is 6.68. The molecule has 106 valence electrons. The maximum Gasteiger partial charge on any atom is 0.225 e. The van der Waals surface area contributed by atoms with Gasteiger partial charge in [-0.3, -0.25) is 4.79 Å². The molecule has 0 aliphatic carbocycles. The first kappa shape index (κ1) is 15.7. The minimum absolute atomic E-state index is 0.0639. The first-order chi connectivity index (χ1) is 8.84. The van der Waals surface area contributed by atoms with Crippen LogP contribution in [0.3, 0.4) is 0 Å². The fourth-order valence-corrected chi connectivity index (χ4v) is 1.63. The van der Waals surface area contributed by atoms with Gasteiger partial charge in [-0.1, -0.05) is 39.0 Å². The molecule has 0 saturated carbocycles. The summed E-state index contributed by atoms with van der Waals surface area (Å²) in [7, 11) is 1.63. The van der Waals surface area contributed by atoms with Crippen molar-refractivity contribution in [2.24, 2.45) is 11.1 Å². The van der Waals surface area contributed by atoms with Gasteiger partial charge < -0.3 is 15.8 Å². The van der Waals surface area contributed by atoms with Crippen LogP contribution in [-0.4, -0.2) is 19.1 Å². The van der Waals surface area contributed by atoms with Gasteiger partial charge in [0.05, 0.1) is 6.61 Å². The van der Waals surface area contributed by atoms with Crippen LogP contribution >= 0.6 is 0 Å². The molecule has 0 heterocycles. The van der Waals surface area contributed by atoms with Gasteiger partial charge in [0.1, 0.15) is 0 Å². The molecule has 0 fully saturated rings. The van der Waals surface area contributed by atoms with Gasteiger partial charge in [-0.05, 0) is 11.5 Å². The van der Waals surface area contributed by atoms with Crippen LogP contribution in [0.25, 0.3) is 0 Å². The summed E-state index contributed by atoms with van der Waals surface area (Å²) in [5, 5.41) is 2.90. The van der Waals surface area contributed by atoms with E-state index >= 15 is 0 Å². The first-order valence-corrected chi connectivity index (χ1v) is 6.47. The second-order valence-corrected chi connectivity index (χ2v) is 5.81. The summed E-state index contributed by atoms with van der Waals surface area (Å²) in [6.07, 6.45) is 0.310. The summed E-state index contributed by atoms with van der Waals surface area (Å²) < 4.78 is 5.11. The Balaban J connectivity index is 2.67. The molecule has 0 aromatic heterocycles. The predicted octanol–water partition coefficient (Wildman–Crippen LogP) is 2.54. The zero-order valence-corrected chi connectivity index (χ0v) is 12.2. The Morgan fingerprint density at radius 2 is 2.00 bits per heavy atom. The van der Waals surface area contributed by atoms with Crippen molar-refractivity contribution >= 4 is 11.6 Å². The van der Waals surface area contributed by atoms with Crippen molar-refractivity contribution in [3.63, 3.8) is 0 Å². The van der Waals surface area contributed by atoms with E-state index in [0.29, 0.717) is 13.0 Å². The topological polar surface area (TPSA) is 64.3 Å². The van der Waals surface area contributed by atoms with Crippen LogP contribution in [0, 0.1) is 5.41 Å². The van der Waals surface area contributed by atoms with E-state index in [0.717, 1.165) is 11.3 Å². The Labute approximate surface area is 115 Å². The number of carbonyl (C=O) groups excluding carboxylic acids is 1. The van der Waals surface area contributed by atoms with E-state index in [1.807, 2.05) is 45.0 Å². The molecule has 0 aliphatic rings. The number of amides is 1. The lowest BCUT2D eigenvalue weighted by Gasteiger charge is -2.26. The number of anilines is 1. The lowest BCUT2D eigenvalue weighted by atomic mass is 9.85. The summed E-state index contributed by atoms with van der Waals surface area (Å²) in [6, 6.07) is 7.45. The number of para-hydroxylation sites is 1. The van der Waals surface area contributed by atoms with Gasteiger partial charge in [0, 0.05) is 30.8 Å². The number of carbonyl (C=O) groups is 1. The molecule has 19 heavy (non-hydrogen) atoms. The van der Waals surface area contributed by atoms with Crippen LogP contribution in [-0.2, 0) is 16.1 Å². The largest absolute Gasteiger partial charge is 0.380 e. The van der Waals surface area contributed by atoms with Gasteiger partial charge in [0.25, 0.3) is 0 Å². The number of hydrogen-bond acceptors (Lipinski definition) is 3. The molecule has 0 spiro atoms. The predicted molar refractivity (Wildman–Crippen MR) is 77.8 cm³/mol. The molecule has 0 aliphatic heterocycles. The van der Waals surface area contributed by atoms with Gasteiger partial charge in [0.15, 0.2) is 0 Å². The summed E-state index contributed by atoms with van der Waals surface area (Å²) in [5.41, 5.74) is 7.68. The van der Waals surface area contributed by atoms with E-state index in [-0.39, 0.29) is 17.4 Å². The molecule has 3 N–H and O–H groups in total. The Kier molecular flexibility index (Phi) is 5.51. The molecule has 0 bridgehead atoms. The normalized spacial score (nSPS) is 13.1. The van der Waals surface area contributed by atoms with Gasteiger partial charge in [-0.2, -0.15) is 0 Å². The Morgan fingerprint density at radius 1 is 1.37 bits per heavy atom. The highest BCUT2D eigenvalue weighted by atomic mass is 16.5. The molecule has 1 unspecified atom stereocenters. The van der Waals surface area contributed by atoms with E-state index < -0.39 is 0 Å². The molecule has 1 aromatic rings. The summed E-state index contributed by atoms with van der Waals surface area (Å²) in [6.45, 7) is 6.57. The van der Waals surface area contributed by atoms with Crippen LogP contribution in [0.1, 0.15) is 32.8 Å². The van der Waals surface area contributed by atoms with E-state index in [1.165, 1.54) is 0 Å². The summed E-state index contributed by atoms with van der Waals surface area (Å²) >= 11 is 0. The Bertz CT molecular complexity index is 424.